The summed E-state index contributed by atoms with van der Waals surface area (Å²) in [5, 5.41) is 12.8. The summed E-state index contributed by atoms with van der Waals surface area (Å²) in [4.78, 5) is 23.6. The predicted octanol–water partition coefficient (Wildman–Crippen LogP) is 4.62. The third-order valence-electron chi connectivity index (χ3n) is 4.24. The molecule has 1 amide bonds. The minimum Gasteiger partial charge on any atom is -0.356 e. The zero-order chi connectivity index (χ0) is 21.5. The summed E-state index contributed by atoms with van der Waals surface area (Å²) in [6, 6.07) is 14.4. The first-order chi connectivity index (χ1) is 14.5. The highest BCUT2D eigenvalue weighted by Gasteiger charge is 2.17. The number of nitrogens with one attached hydrogen (secondary N) is 1. The minimum atomic E-state index is -0.0726. The molecule has 0 saturated carbocycles. The van der Waals surface area contributed by atoms with Crippen LogP contribution in [0.25, 0.3) is 5.69 Å². The average molecular weight is 463 g/mol. The number of rotatable bonds is 9. The molecule has 6 nitrogen and oxygen atoms in total. The van der Waals surface area contributed by atoms with Gasteiger partial charge in [0.25, 0.3) is 0 Å². The van der Waals surface area contributed by atoms with Crippen molar-refractivity contribution in [3.8, 4) is 5.69 Å². The van der Waals surface area contributed by atoms with Crippen LogP contribution in [0, 0.1) is 0 Å². The summed E-state index contributed by atoms with van der Waals surface area (Å²) in [5.74, 6) is 0.886. The zero-order valence-corrected chi connectivity index (χ0v) is 18.6. The third-order valence-corrected chi connectivity index (χ3v) is 5.91. The molecule has 0 bridgehead atoms. The van der Waals surface area contributed by atoms with Gasteiger partial charge in [0.2, 0.25) is 5.91 Å². The van der Waals surface area contributed by atoms with Crippen molar-refractivity contribution < 1.29 is 9.59 Å². The smallest absolute Gasteiger partial charge is 0.216 e. The molecular formula is C21H20Cl2N4O2S. The topological polar surface area (TPSA) is 76.9 Å². The van der Waals surface area contributed by atoms with E-state index in [0.29, 0.717) is 46.0 Å². The molecule has 156 valence electrons. The Labute approximate surface area is 189 Å². The van der Waals surface area contributed by atoms with Crippen LogP contribution in [-0.2, 0) is 11.2 Å². The summed E-state index contributed by atoms with van der Waals surface area (Å²) in [5.41, 5.74) is 1.42. The van der Waals surface area contributed by atoms with Gasteiger partial charge in [0.1, 0.15) is 5.82 Å². The molecule has 3 rings (SSSR count). The summed E-state index contributed by atoms with van der Waals surface area (Å²) >= 11 is 13.6. The van der Waals surface area contributed by atoms with Crippen LogP contribution in [-0.4, -0.2) is 38.8 Å². The van der Waals surface area contributed by atoms with Crippen LogP contribution in [0.4, 0.5) is 0 Å². The fourth-order valence-corrected chi connectivity index (χ4v) is 3.95. The lowest BCUT2D eigenvalue weighted by atomic mass is 10.2. The second-order valence-corrected chi connectivity index (χ2v) is 8.25. The van der Waals surface area contributed by atoms with Gasteiger partial charge < -0.3 is 5.32 Å². The molecule has 0 aliphatic rings. The lowest BCUT2D eigenvalue weighted by Crippen LogP contribution is -2.21. The van der Waals surface area contributed by atoms with E-state index < -0.39 is 0 Å². The van der Waals surface area contributed by atoms with E-state index in [9.17, 15) is 9.59 Å². The van der Waals surface area contributed by atoms with E-state index >= 15 is 0 Å². The molecule has 0 radical (unpaired) electrons. The van der Waals surface area contributed by atoms with Gasteiger partial charge in [-0.05, 0) is 24.6 Å². The van der Waals surface area contributed by atoms with E-state index in [0.717, 1.165) is 5.69 Å². The monoisotopic (exact) mass is 462 g/mol. The van der Waals surface area contributed by atoms with E-state index in [-0.39, 0.29) is 17.4 Å². The first kappa shape index (κ1) is 22.3. The third kappa shape index (κ3) is 5.84. The average Bonchev–Trinajstić information content (AvgIpc) is 3.14. The number of aryl methyl sites for hydroxylation is 1. The van der Waals surface area contributed by atoms with Crippen molar-refractivity contribution >= 4 is 46.7 Å². The van der Waals surface area contributed by atoms with E-state index in [1.54, 1.807) is 24.3 Å². The van der Waals surface area contributed by atoms with Gasteiger partial charge in [-0.2, -0.15) is 0 Å². The minimum absolute atomic E-state index is 0.0106. The number of ketones is 1. The molecular weight excluding hydrogens is 443 g/mol. The Bertz CT molecular complexity index is 1040. The molecule has 3 aromatic rings. The molecule has 2 aromatic carbocycles. The highest BCUT2D eigenvalue weighted by Crippen LogP contribution is 2.28. The quantitative estimate of drug-likeness (QED) is 0.285. The summed E-state index contributed by atoms with van der Waals surface area (Å²) in [6.07, 6.45) is 1.30. The number of hydrogen-bond acceptors (Lipinski definition) is 5. The van der Waals surface area contributed by atoms with Crippen molar-refractivity contribution in [1.29, 1.82) is 0 Å². The van der Waals surface area contributed by atoms with Gasteiger partial charge in [0.05, 0.1) is 21.5 Å². The number of thioether (sulfide) groups is 1. The largest absolute Gasteiger partial charge is 0.356 e. The zero-order valence-electron chi connectivity index (χ0n) is 16.3. The predicted molar refractivity (Wildman–Crippen MR) is 120 cm³/mol. The first-order valence-corrected chi connectivity index (χ1v) is 11.0. The molecule has 0 atom stereocenters. The lowest BCUT2D eigenvalue weighted by molar-refractivity contribution is -0.118. The molecule has 0 spiro atoms. The van der Waals surface area contributed by atoms with Crippen LogP contribution in [0.3, 0.4) is 0 Å². The Morgan fingerprint density at radius 1 is 1.07 bits per heavy atom. The van der Waals surface area contributed by atoms with E-state index in [4.69, 9.17) is 23.2 Å². The molecule has 0 fully saturated rings. The summed E-state index contributed by atoms with van der Waals surface area (Å²) in [7, 11) is 0. The number of benzene rings is 2. The second kappa shape index (κ2) is 10.6. The van der Waals surface area contributed by atoms with Crippen LogP contribution in [0.5, 0.6) is 0 Å². The van der Waals surface area contributed by atoms with Crippen LogP contribution in [0.1, 0.15) is 29.5 Å². The molecule has 0 saturated heterocycles. The lowest BCUT2D eigenvalue weighted by Gasteiger charge is -2.11. The maximum atomic E-state index is 12.5. The first-order valence-electron chi connectivity index (χ1n) is 9.31. The Balaban J connectivity index is 1.81. The fraction of sp³-hybridized carbons (Fsp3) is 0.238. The Morgan fingerprint density at radius 2 is 1.83 bits per heavy atom. The Morgan fingerprint density at radius 3 is 2.53 bits per heavy atom. The Hall–Kier alpha value is -2.35. The number of nitrogens with zero attached hydrogens (tertiary/aromatic N) is 3. The van der Waals surface area contributed by atoms with Crippen molar-refractivity contribution in [2.45, 2.75) is 24.9 Å². The molecule has 30 heavy (non-hydrogen) atoms. The van der Waals surface area contributed by atoms with Gasteiger partial charge in [-0.25, -0.2) is 0 Å². The van der Waals surface area contributed by atoms with Gasteiger partial charge in [-0.1, -0.05) is 65.3 Å². The van der Waals surface area contributed by atoms with Gasteiger partial charge >= 0.3 is 0 Å². The van der Waals surface area contributed by atoms with Gasteiger partial charge in [-0.15, -0.1) is 10.2 Å². The number of hydrogen-bond donors (Lipinski definition) is 1. The molecule has 0 aliphatic heterocycles. The number of amides is 1. The van der Waals surface area contributed by atoms with Crippen molar-refractivity contribution in [3.05, 3.63) is 70.0 Å². The number of carbonyl (C=O) groups excluding carboxylic acids is 2. The van der Waals surface area contributed by atoms with Crippen molar-refractivity contribution in [1.82, 2.24) is 20.1 Å². The van der Waals surface area contributed by atoms with Crippen molar-refractivity contribution in [2.75, 3.05) is 12.3 Å². The standard InChI is InChI=1S/C21H20Cl2N4O2S/c1-14(28)24-11-5-8-20-25-26-21(27(20)16-9-10-17(22)18(23)12-16)30-13-19(29)15-6-3-2-4-7-15/h2-4,6-7,9-10,12H,5,8,11,13H2,1H3,(H,24,28). The number of aromatic nitrogens is 3. The van der Waals surface area contributed by atoms with E-state index in [2.05, 4.69) is 15.5 Å². The van der Waals surface area contributed by atoms with Gasteiger partial charge in [0, 0.05) is 25.5 Å². The highest BCUT2D eigenvalue weighted by atomic mass is 35.5. The van der Waals surface area contributed by atoms with E-state index in [1.165, 1.54) is 18.7 Å². The Kier molecular flexibility index (Phi) is 7.90. The van der Waals surface area contributed by atoms with E-state index in [1.807, 2.05) is 28.8 Å². The van der Waals surface area contributed by atoms with Gasteiger partial charge in [0.15, 0.2) is 10.9 Å². The number of carbonyl (C=O) groups is 2. The van der Waals surface area contributed by atoms with Crippen LogP contribution in [0.15, 0.2) is 53.7 Å². The SMILES string of the molecule is CC(=O)NCCCc1nnc(SCC(=O)c2ccccc2)n1-c1ccc(Cl)c(Cl)c1. The van der Waals surface area contributed by atoms with Crippen LogP contribution in [0.2, 0.25) is 10.0 Å². The normalized spacial score (nSPS) is 10.8. The van der Waals surface area contributed by atoms with Crippen LogP contribution >= 0.6 is 35.0 Å². The molecule has 0 aliphatic carbocycles. The molecule has 1 aromatic heterocycles. The fourth-order valence-electron chi connectivity index (χ4n) is 2.79. The molecule has 9 heteroatoms. The number of halogens is 2. The highest BCUT2D eigenvalue weighted by molar-refractivity contribution is 7.99. The molecule has 1 N–H and O–H groups in total. The maximum Gasteiger partial charge on any atom is 0.216 e. The van der Waals surface area contributed by atoms with Crippen molar-refractivity contribution in [2.24, 2.45) is 0 Å². The maximum absolute atomic E-state index is 12.5. The summed E-state index contributed by atoms with van der Waals surface area (Å²) in [6.45, 7) is 2.02. The van der Waals surface area contributed by atoms with Gasteiger partial charge in [-0.3, -0.25) is 14.2 Å². The van der Waals surface area contributed by atoms with Crippen LogP contribution < -0.4 is 5.32 Å². The summed E-state index contributed by atoms with van der Waals surface area (Å²) < 4.78 is 1.87. The van der Waals surface area contributed by atoms with Crippen molar-refractivity contribution in [3.63, 3.8) is 0 Å². The molecule has 0 unspecified atom stereocenters. The second-order valence-electron chi connectivity index (χ2n) is 6.50. The number of Topliss-reactive ketones (excluding diaryl/α,β-unsaturated/α-hetero) is 1. The molecule has 1 heterocycles.